The maximum atomic E-state index is 12.0. The molecular weight excluding hydrogens is 456 g/mol. The third-order valence-electron chi connectivity index (χ3n) is 13.2. The number of carbonyl (C=O) groups excluding carboxylic acids is 1. The summed E-state index contributed by atoms with van der Waals surface area (Å²) >= 11 is 0. The highest BCUT2D eigenvalue weighted by Gasteiger charge is 2.65. The average Bonchev–Trinajstić information content (AvgIpc) is 3.33. The van der Waals surface area contributed by atoms with E-state index in [2.05, 4.69) is 45.9 Å². The summed E-state index contributed by atoms with van der Waals surface area (Å²) in [5.74, 6) is 3.62. The molecule has 5 aliphatic rings. The molecule has 0 bridgehead atoms. The zero-order valence-corrected chi connectivity index (χ0v) is 23.8. The van der Waals surface area contributed by atoms with Crippen LogP contribution in [0.25, 0.3) is 5.57 Å². The molecule has 1 N–H and O–H groups in total. The van der Waals surface area contributed by atoms with Gasteiger partial charge in [0.1, 0.15) is 0 Å². The largest absolute Gasteiger partial charge is 0.465 e. The fourth-order valence-corrected chi connectivity index (χ4v) is 11.6. The van der Waals surface area contributed by atoms with Crippen molar-refractivity contribution in [3.63, 3.8) is 0 Å². The number of aliphatic hydroxyl groups excluding tert-OH is 1. The summed E-state index contributed by atoms with van der Waals surface area (Å²) < 4.78 is 4.91. The van der Waals surface area contributed by atoms with Crippen LogP contribution in [0.2, 0.25) is 0 Å². The number of benzene rings is 1. The number of ether oxygens (including phenoxy) is 1. The van der Waals surface area contributed by atoms with Crippen LogP contribution in [0.15, 0.2) is 30.3 Å². The Kier molecular flexibility index (Phi) is 6.03. The molecule has 0 saturated heterocycles. The maximum absolute atomic E-state index is 12.0. The number of carbonyl (C=O) groups is 1. The standard InChI is InChI=1S/C34H48O3/c1-31(2)25(22-8-10-23(11-9-22)30(36)37-5)14-18-33(4)28(31)16-19-32(3)26-15-20-34(21-35)17-6-7-27(34)24(26)12-13-29(32)33/h8-11,14,24,26-29,35H,6-7,12-13,15-21H2,1-5H3/t24-,26?,27?,28?,29?,32-,33-,34+/m0/s1. The third kappa shape index (κ3) is 3.51. The molecule has 3 heteroatoms. The highest BCUT2D eigenvalue weighted by atomic mass is 16.5. The lowest BCUT2D eigenvalue weighted by Gasteiger charge is -2.68. The van der Waals surface area contributed by atoms with Gasteiger partial charge in [-0.1, -0.05) is 52.3 Å². The Hall–Kier alpha value is -1.61. The summed E-state index contributed by atoms with van der Waals surface area (Å²) in [4.78, 5) is 12.0. The normalized spacial score (nSPS) is 44.1. The van der Waals surface area contributed by atoms with E-state index in [-0.39, 0.29) is 16.8 Å². The Morgan fingerprint density at radius 3 is 2.35 bits per heavy atom. The first-order chi connectivity index (χ1) is 17.6. The van der Waals surface area contributed by atoms with E-state index in [4.69, 9.17) is 4.74 Å². The molecule has 0 amide bonds. The van der Waals surface area contributed by atoms with Gasteiger partial charge in [-0.3, -0.25) is 0 Å². The molecule has 0 spiro atoms. The van der Waals surface area contributed by atoms with E-state index in [1.54, 1.807) is 0 Å². The predicted octanol–water partition coefficient (Wildman–Crippen LogP) is 7.92. The first-order valence-electron chi connectivity index (χ1n) is 15.1. The first kappa shape index (κ1) is 25.7. The van der Waals surface area contributed by atoms with Crippen LogP contribution in [0, 0.1) is 51.2 Å². The second-order valence-corrected chi connectivity index (χ2v) is 14.7. The molecule has 6 rings (SSSR count). The highest BCUT2D eigenvalue weighted by molar-refractivity contribution is 5.89. The Morgan fingerprint density at radius 2 is 1.65 bits per heavy atom. The van der Waals surface area contributed by atoms with E-state index in [9.17, 15) is 9.90 Å². The van der Waals surface area contributed by atoms with Crippen molar-refractivity contribution in [2.75, 3.05) is 13.7 Å². The van der Waals surface area contributed by atoms with Gasteiger partial charge in [-0.25, -0.2) is 4.79 Å². The summed E-state index contributed by atoms with van der Waals surface area (Å²) in [6.07, 6.45) is 15.7. The zero-order valence-electron chi connectivity index (χ0n) is 23.8. The van der Waals surface area contributed by atoms with Crippen molar-refractivity contribution in [1.29, 1.82) is 0 Å². The number of esters is 1. The van der Waals surface area contributed by atoms with E-state index in [1.165, 1.54) is 76.0 Å². The number of fused-ring (bicyclic) bond motifs is 7. The molecule has 1 aromatic rings. The minimum Gasteiger partial charge on any atom is -0.465 e. The van der Waals surface area contributed by atoms with Gasteiger partial charge in [0, 0.05) is 6.61 Å². The minimum atomic E-state index is -0.269. The van der Waals surface area contributed by atoms with Crippen LogP contribution in [0.1, 0.15) is 108 Å². The van der Waals surface area contributed by atoms with Gasteiger partial charge in [-0.2, -0.15) is 0 Å². The molecule has 4 fully saturated rings. The van der Waals surface area contributed by atoms with Gasteiger partial charge in [0.2, 0.25) is 0 Å². The summed E-state index contributed by atoms with van der Waals surface area (Å²) in [7, 11) is 1.44. The Balaban J connectivity index is 1.30. The highest BCUT2D eigenvalue weighted by Crippen LogP contribution is 2.73. The molecule has 0 aromatic heterocycles. The van der Waals surface area contributed by atoms with Crippen molar-refractivity contribution in [2.45, 2.75) is 91.9 Å². The van der Waals surface area contributed by atoms with E-state index in [0.717, 1.165) is 30.1 Å². The lowest BCUT2D eigenvalue weighted by Crippen LogP contribution is -2.61. The molecule has 1 aromatic carbocycles. The Bertz CT molecular complexity index is 1080. The summed E-state index contributed by atoms with van der Waals surface area (Å²) in [6.45, 7) is 10.7. The number of rotatable bonds is 3. The Morgan fingerprint density at radius 1 is 0.892 bits per heavy atom. The quantitative estimate of drug-likeness (QED) is 0.425. The predicted molar refractivity (Wildman–Crippen MR) is 149 cm³/mol. The number of hydrogen-bond donors (Lipinski definition) is 1. The lowest BCUT2D eigenvalue weighted by atomic mass is 9.36. The van der Waals surface area contributed by atoms with Crippen LogP contribution in [-0.4, -0.2) is 24.8 Å². The number of methoxy groups -OCH3 is 1. The van der Waals surface area contributed by atoms with Crippen molar-refractivity contribution in [3.05, 3.63) is 41.5 Å². The van der Waals surface area contributed by atoms with Crippen LogP contribution in [0.3, 0.4) is 0 Å². The van der Waals surface area contributed by atoms with E-state index in [0.29, 0.717) is 28.9 Å². The average molecular weight is 505 g/mol. The number of aliphatic hydroxyl groups is 1. The molecule has 8 atom stereocenters. The third-order valence-corrected chi connectivity index (χ3v) is 13.2. The molecule has 3 nitrogen and oxygen atoms in total. The SMILES string of the molecule is COC(=O)c1ccc(C2=CC[C@@]3(C)C(CC[C@@]4(C)C5CC[C@@]6(CO)CCCC6[C@H]5CCC43)C2(C)C)cc1. The van der Waals surface area contributed by atoms with Crippen molar-refractivity contribution >= 4 is 11.5 Å². The monoisotopic (exact) mass is 504 g/mol. The fourth-order valence-electron chi connectivity index (χ4n) is 11.6. The molecule has 5 aliphatic carbocycles. The smallest absolute Gasteiger partial charge is 0.337 e. The molecule has 0 aliphatic heterocycles. The number of hydrogen-bond acceptors (Lipinski definition) is 3. The topological polar surface area (TPSA) is 46.5 Å². The van der Waals surface area contributed by atoms with Gasteiger partial charge in [0.25, 0.3) is 0 Å². The molecular formula is C34H48O3. The second-order valence-electron chi connectivity index (χ2n) is 14.7. The van der Waals surface area contributed by atoms with Gasteiger partial charge in [-0.05, 0) is 132 Å². The van der Waals surface area contributed by atoms with Crippen LogP contribution < -0.4 is 0 Å². The fraction of sp³-hybridized carbons (Fsp3) is 0.735. The van der Waals surface area contributed by atoms with Crippen LogP contribution in [0.4, 0.5) is 0 Å². The molecule has 0 radical (unpaired) electrons. The van der Waals surface area contributed by atoms with Crippen molar-refractivity contribution in [2.24, 2.45) is 51.2 Å². The molecule has 4 saturated carbocycles. The molecule has 202 valence electrons. The first-order valence-corrected chi connectivity index (χ1v) is 15.1. The summed E-state index contributed by atoms with van der Waals surface area (Å²) in [5.41, 5.74) is 4.45. The van der Waals surface area contributed by atoms with Crippen molar-refractivity contribution < 1.29 is 14.6 Å². The summed E-state index contributed by atoms with van der Waals surface area (Å²) in [6, 6.07) is 8.09. The van der Waals surface area contributed by atoms with Gasteiger partial charge < -0.3 is 9.84 Å². The van der Waals surface area contributed by atoms with E-state index >= 15 is 0 Å². The zero-order chi connectivity index (χ0) is 26.2. The molecule has 0 heterocycles. The van der Waals surface area contributed by atoms with Crippen molar-refractivity contribution in [3.8, 4) is 0 Å². The van der Waals surface area contributed by atoms with Gasteiger partial charge in [-0.15, -0.1) is 0 Å². The second kappa shape index (κ2) is 8.70. The van der Waals surface area contributed by atoms with Crippen LogP contribution in [0.5, 0.6) is 0 Å². The lowest BCUT2D eigenvalue weighted by molar-refractivity contribution is -0.181. The van der Waals surface area contributed by atoms with Crippen LogP contribution >= 0.6 is 0 Å². The van der Waals surface area contributed by atoms with E-state index in [1.807, 2.05) is 12.1 Å². The molecule has 37 heavy (non-hydrogen) atoms. The van der Waals surface area contributed by atoms with Crippen molar-refractivity contribution in [1.82, 2.24) is 0 Å². The minimum absolute atomic E-state index is 0.0992. The molecule has 4 unspecified atom stereocenters. The van der Waals surface area contributed by atoms with E-state index < -0.39 is 0 Å². The van der Waals surface area contributed by atoms with Crippen LogP contribution in [-0.2, 0) is 4.74 Å². The summed E-state index contributed by atoms with van der Waals surface area (Å²) in [5, 5.41) is 10.4. The van der Waals surface area contributed by atoms with Gasteiger partial charge >= 0.3 is 5.97 Å². The van der Waals surface area contributed by atoms with Gasteiger partial charge in [0.05, 0.1) is 12.7 Å². The number of allylic oxidation sites excluding steroid dienone is 2. The van der Waals surface area contributed by atoms with Gasteiger partial charge in [0.15, 0.2) is 0 Å². The maximum Gasteiger partial charge on any atom is 0.337 e. The Labute approximate surface area is 224 Å².